The molecule has 4 aromatic heterocycles. The molecule has 136 heavy (non-hydrogen) atoms. The van der Waals surface area contributed by atoms with Gasteiger partial charge in [0.25, 0.3) is 0 Å². The molecule has 0 N–H and O–H groups in total. The summed E-state index contributed by atoms with van der Waals surface area (Å²) in [6, 6.07) is 157. The lowest BCUT2D eigenvalue weighted by atomic mass is 9.85. The molecule has 670 valence electrons. The highest BCUT2D eigenvalue weighted by molar-refractivity contribution is 7.27. The maximum Gasteiger partial charge on any atom is 0.160 e. The van der Waals surface area contributed by atoms with Crippen molar-refractivity contribution < 1.29 is 0 Å². The second kappa shape index (κ2) is 40.6. The van der Waals surface area contributed by atoms with Crippen molar-refractivity contribution in [2.24, 2.45) is 0 Å². The number of fused-ring (bicyclic) bond motifs is 6. The number of benzene rings is 17. The van der Waals surface area contributed by atoms with Crippen LogP contribution >= 0.6 is 22.7 Å². The Morgan fingerprint density at radius 1 is 0.154 bits per heavy atom. The number of thiophene rings is 2. The molecule has 0 bridgehead atoms. The van der Waals surface area contributed by atoms with E-state index in [1.54, 1.807) is 0 Å². The van der Waals surface area contributed by atoms with Gasteiger partial charge in [0.15, 0.2) is 11.6 Å². The van der Waals surface area contributed by atoms with Crippen LogP contribution in [-0.4, -0.2) is 19.9 Å². The standard InChI is InChI=1S/2C44H34N2S.2C16H18.C10H14/c1-44(2,3)38-24-14-23-37-40-42(47-41(37)38)39(45-43(46-40)31-19-11-6-12-20-31)33-22-13-21-32(25-33)36-27-34(29-15-7-4-8-16-29)26-35(28-36)30-17-9-5-10-18-30;1-44(2,3)38-24-14-23-37-40-42(47-41(37)38)39(31-19-11-6-12-20-31)45-43(46-40)33-22-13-21-32(25-33)36-27-34(29-15-7-4-8-16-29)26-35(28-36)30-17-9-5-10-18-30;1-16(2,3)15-11-7-10-14(12-15)13-8-5-4-6-9-13;1-16(2,3)15-11-9-14(10-12-15)13-7-5-4-6-8-13;1-10(2,3)9-7-5-4-6-8-9/h2*4-28H,1-3H3;2*4-12H,1-3H3;4-8H,1-3H3. The largest absolute Gasteiger partial charge is 0.226 e. The Bertz CT molecular complexity index is 7500. The van der Waals surface area contributed by atoms with Gasteiger partial charge in [-0.1, -0.05) is 498 Å². The Balaban J connectivity index is 0.000000133. The van der Waals surface area contributed by atoms with Crippen LogP contribution < -0.4 is 0 Å². The molecule has 0 amide bonds. The van der Waals surface area contributed by atoms with Crippen LogP contribution in [-0.2, 0) is 27.1 Å². The molecule has 4 heterocycles. The molecule has 21 aromatic rings. The van der Waals surface area contributed by atoms with E-state index in [0.29, 0.717) is 5.41 Å². The van der Waals surface area contributed by atoms with Gasteiger partial charge < -0.3 is 0 Å². The fourth-order valence-corrected chi connectivity index (χ4v) is 20.3. The SMILES string of the molecule is CC(C)(C)c1ccc(-c2ccccc2)cc1.CC(C)(C)c1cccc(-c2ccccc2)c1.CC(C)(C)c1cccc2c1sc1c(-c3cccc(-c4cc(-c5ccccc5)cc(-c5ccccc5)c4)c3)nc(-c3ccccc3)nc12.CC(C)(C)c1cccc2c1sc1c(-c3ccccc3)nc(-c3cccc(-c4cc(-c5ccccc5)cc(-c5ccccc5)c4)c3)nc12.CC(C)(C)c1ccccc1. The van der Waals surface area contributed by atoms with Crippen molar-refractivity contribution in [2.45, 2.75) is 131 Å². The molecule has 0 aliphatic heterocycles. The van der Waals surface area contributed by atoms with Crippen LogP contribution in [0.1, 0.15) is 132 Å². The summed E-state index contributed by atoms with van der Waals surface area (Å²) in [6.07, 6.45) is 0. The van der Waals surface area contributed by atoms with Gasteiger partial charge in [-0.2, -0.15) is 0 Å². The molecule has 0 aliphatic rings. The normalized spacial score (nSPS) is 11.6. The summed E-state index contributed by atoms with van der Waals surface area (Å²) in [5.74, 6) is 1.48. The molecule has 0 saturated heterocycles. The molecule has 0 unspecified atom stereocenters. The van der Waals surface area contributed by atoms with Gasteiger partial charge in [-0.15, -0.1) is 22.7 Å². The lowest BCUT2D eigenvalue weighted by molar-refractivity contribution is 0.590. The minimum absolute atomic E-state index is 0.0103. The third-order valence-electron chi connectivity index (χ3n) is 24.9. The van der Waals surface area contributed by atoms with Gasteiger partial charge in [-0.25, -0.2) is 19.9 Å². The highest BCUT2D eigenvalue weighted by Gasteiger charge is 2.27. The summed E-state index contributed by atoms with van der Waals surface area (Å²) in [7, 11) is 0. The molecular formula is C130H118N4S2. The highest BCUT2D eigenvalue weighted by Crippen LogP contribution is 2.48. The fourth-order valence-electron chi connectivity index (χ4n) is 17.3. The molecule has 0 fully saturated rings. The first-order chi connectivity index (χ1) is 65.6. The van der Waals surface area contributed by atoms with E-state index in [-0.39, 0.29) is 21.7 Å². The molecule has 17 aromatic carbocycles. The summed E-state index contributed by atoms with van der Waals surface area (Å²) >= 11 is 3.63. The minimum atomic E-state index is 0.0103. The molecular weight excluding hydrogens is 1680 g/mol. The van der Waals surface area contributed by atoms with Crippen molar-refractivity contribution in [3.8, 4) is 134 Å². The predicted molar refractivity (Wildman–Crippen MR) is 588 cm³/mol. The second-order valence-electron chi connectivity index (χ2n) is 40.2. The lowest BCUT2D eigenvalue weighted by Crippen LogP contribution is -2.10. The van der Waals surface area contributed by atoms with Crippen LogP contribution in [0, 0.1) is 0 Å². The molecule has 0 atom stereocenters. The summed E-state index contributed by atoms with van der Waals surface area (Å²) < 4.78 is 4.83. The van der Waals surface area contributed by atoms with Crippen molar-refractivity contribution in [1.82, 2.24) is 19.9 Å². The van der Waals surface area contributed by atoms with E-state index in [2.05, 4.69) is 535 Å². The highest BCUT2D eigenvalue weighted by atomic mass is 32.1. The first kappa shape index (κ1) is 93.2. The molecule has 0 aliphatic carbocycles. The Morgan fingerprint density at radius 3 is 0.743 bits per heavy atom. The van der Waals surface area contributed by atoms with Crippen molar-refractivity contribution in [2.75, 3.05) is 0 Å². The number of aromatic nitrogens is 4. The average Bonchev–Trinajstić information content (AvgIpc) is 1.58. The Labute approximate surface area is 813 Å². The zero-order valence-electron chi connectivity index (χ0n) is 80.8. The van der Waals surface area contributed by atoms with Gasteiger partial charge in [0.05, 0.1) is 31.8 Å². The zero-order valence-corrected chi connectivity index (χ0v) is 82.4. The molecule has 0 saturated carbocycles. The van der Waals surface area contributed by atoms with E-state index in [1.807, 2.05) is 34.8 Å². The summed E-state index contributed by atoms with van der Waals surface area (Å²) in [4.78, 5) is 21.1. The quantitative estimate of drug-likeness (QED) is 0.122. The minimum Gasteiger partial charge on any atom is -0.226 e. The molecule has 21 rings (SSSR count). The molecule has 0 radical (unpaired) electrons. The smallest absolute Gasteiger partial charge is 0.160 e. The number of nitrogens with zero attached hydrogens (tertiary/aromatic N) is 4. The lowest BCUT2D eigenvalue weighted by Gasteiger charge is -2.19. The van der Waals surface area contributed by atoms with E-state index in [9.17, 15) is 0 Å². The maximum absolute atomic E-state index is 5.31. The van der Waals surface area contributed by atoms with Crippen molar-refractivity contribution >= 4 is 63.3 Å². The van der Waals surface area contributed by atoms with Gasteiger partial charge in [0.1, 0.15) is 0 Å². The summed E-state index contributed by atoms with van der Waals surface area (Å²) in [5, 5.41) is 2.38. The van der Waals surface area contributed by atoms with E-state index in [4.69, 9.17) is 19.9 Å². The Hall–Kier alpha value is -14.7. The summed E-state index contributed by atoms with van der Waals surface area (Å²) in [5.41, 5.74) is 35.1. The second-order valence-corrected chi connectivity index (χ2v) is 42.2. The van der Waals surface area contributed by atoms with Crippen LogP contribution in [0.25, 0.3) is 175 Å². The van der Waals surface area contributed by atoms with Gasteiger partial charge in [-0.3, -0.25) is 0 Å². The van der Waals surface area contributed by atoms with E-state index in [0.717, 1.165) is 82.4 Å². The number of hydrogen-bond donors (Lipinski definition) is 0. The van der Waals surface area contributed by atoms with Crippen LogP contribution in [0.5, 0.6) is 0 Å². The van der Waals surface area contributed by atoms with Gasteiger partial charge >= 0.3 is 0 Å². The van der Waals surface area contributed by atoms with Crippen LogP contribution in [0.3, 0.4) is 0 Å². The molecule has 4 nitrogen and oxygen atoms in total. The number of hydrogen-bond acceptors (Lipinski definition) is 6. The third-order valence-corrected chi connectivity index (χ3v) is 27.4. The molecule has 0 spiro atoms. The molecule has 6 heteroatoms. The monoisotopic (exact) mass is 1800 g/mol. The van der Waals surface area contributed by atoms with Crippen LogP contribution in [0.15, 0.2) is 443 Å². The first-order valence-electron chi connectivity index (χ1n) is 47.3. The third kappa shape index (κ3) is 22.0. The maximum atomic E-state index is 5.31. The van der Waals surface area contributed by atoms with E-state index in [1.165, 1.54) is 120 Å². The van der Waals surface area contributed by atoms with E-state index < -0.39 is 0 Å². The topological polar surface area (TPSA) is 51.6 Å². The number of rotatable bonds is 12. The van der Waals surface area contributed by atoms with Crippen molar-refractivity contribution in [3.05, 3.63) is 471 Å². The summed E-state index contributed by atoms with van der Waals surface area (Å²) in [6.45, 7) is 33.8. The average molecular weight is 1800 g/mol. The van der Waals surface area contributed by atoms with E-state index >= 15 is 0 Å². The Kier molecular flexibility index (Phi) is 27.8. The predicted octanol–water partition coefficient (Wildman–Crippen LogP) is 37.2. The fraction of sp³-hybridized carbons (Fsp3) is 0.154. The van der Waals surface area contributed by atoms with Crippen LogP contribution in [0.2, 0.25) is 0 Å². The van der Waals surface area contributed by atoms with Crippen LogP contribution in [0.4, 0.5) is 0 Å². The van der Waals surface area contributed by atoms with Gasteiger partial charge in [-0.05, 0) is 192 Å². The zero-order chi connectivity index (χ0) is 94.7. The van der Waals surface area contributed by atoms with Gasteiger partial charge in [0, 0.05) is 42.4 Å². The van der Waals surface area contributed by atoms with Gasteiger partial charge in [0.2, 0.25) is 0 Å². The first-order valence-corrected chi connectivity index (χ1v) is 48.9. The Morgan fingerprint density at radius 2 is 0.390 bits per heavy atom. The van der Waals surface area contributed by atoms with Crippen molar-refractivity contribution in [3.63, 3.8) is 0 Å². The van der Waals surface area contributed by atoms with Crippen molar-refractivity contribution in [1.29, 1.82) is 0 Å².